The molecule has 34 heavy (non-hydrogen) atoms. The molecule has 13 nitrogen and oxygen atoms in total. The number of hydrogen-bond donors (Lipinski definition) is 5. The number of imidazole rings is 1. The Bertz CT molecular complexity index is 1200. The minimum atomic E-state index is -4.35. The molecule has 0 aliphatic carbocycles. The number of rotatable bonds is 13. The number of hydrogen-bond acceptors (Lipinski definition) is 9. The number of carbonyl (C=O) groups excluding carboxylic acids is 1. The summed E-state index contributed by atoms with van der Waals surface area (Å²) >= 11 is 0. The zero-order valence-electron chi connectivity index (χ0n) is 18.1. The third-order valence-corrected chi connectivity index (χ3v) is 6.01. The molecule has 1 aromatic carbocycles. The molecule has 3 aromatic rings. The second kappa shape index (κ2) is 10.9. The van der Waals surface area contributed by atoms with Crippen LogP contribution >= 0.6 is 0 Å². The Morgan fingerprint density at radius 2 is 2.00 bits per heavy atom. The molecule has 0 bridgehead atoms. The second-order valence-electron chi connectivity index (χ2n) is 7.18. The lowest BCUT2D eigenvalue weighted by molar-refractivity contribution is -0.148. The molecule has 1 amide bonds. The van der Waals surface area contributed by atoms with Crippen LogP contribution in [0.1, 0.15) is 22.7 Å². The largest absolute Gasteiger partial charge is 0.478 e. The Morgan fingerprint density at radius 1 is 1.24 bits per heavy atom. The molecule has 2 heterocycles. The third-order valence-electron chi connectivity index (χ3n) is 4.50. The van der Waals surface area contributed by atoms with Gasteiger partial charge in [0.2, 0.25) is 21.4 Å². The Hall–Kier alpha value is -3.75. The van der Waals surface area contributed by atoms with Gasteiger partial charge in [-0.25, -0.2) is 18.2 Å². The SMILES string of the molecule is Cc1c[nH]c(NCCCOCC(NC(=O)c2ccno2)(NS(=O)(=O)c2ccccc2)C(=O)O)n1. The van der Waals surface area contributed by atoms with E-state index in [9.17, 15) is 23.1 Å². The van der Waals surface area contributed by atoms with Gasteiger partial charge in [0, 0.05) is 25.4 Å². The van der Waals surface area contributed by atoms with Crippen LogP contribution in [0.15, 0.2) is 58.2 Å². The van der Waals surface area contributed by atoms with Crippen LogP contribution in [0.2, 0.25) is 0 Å². The Balaban J connectivity index is 1.71. The molecule has 182 valence electrons. The summed E-state index contributed by atoms with van der Waals surface area (Å²) in [5, 5.41) is 18.5. The normalized spacial score (nSPS) is 13.2. The summed E-state index contributed by atoms with van der Waals surface area (Å²) in [4.78, 5) is 31.7. The zero-order valence-corrected chi connectivity index (χ0v) is 19.0. The number of benzene rings is 1. The van der Waals surface area contributed by atoms with Crippen molar-refractivity contribution in [2.24, 2.45) is 0 Å². The standard InChI is InChI=1S/C20H24N6O7S/c1-14-12-22-19(24-14)21-9-5-11-32-13-20(18(28)29,25-17(27)16-8-10-23-33-16)26-34(30,31)15-6-3-2-4-7-15/h2-4,6-8,10,12,26H,5,9,11,13H2,1H3,(H,25,27)(H,28,29)(H2,21,22,24). The molecule has 0 fully saturated rings. The van der Waals surface area contributed by atoms with Gasteiger partial charge < -0.3 is 30.0 Å². The number of sulfonamides is 1. The number of aromatic amines is 1. The van der Waals surface area contributed by atoms with Gasteiger partial charge in [0.25, 0.3) is 5.91 Å². The number of amides is 1. The predicted molar refractivity (Wildman–Crippen MR) is 118 cm³/mol. The van der Waals surface area contributed by atoms with Gasteiger partial charge in [-0.05, 0) is 25.5 Å². The van der Waals surface area contributed by atoms with Crippen molar-refractivity contribution in [3.05, 3.63) is 60.2 Å². The summed E-state index contributed by atoms with van der Waals surface area (Å²) in [6, 6.07) is 8.35. The van der Waals surface area contributed by atoms with Crippen molar-refractivity contribution in [3.63, 3.8) is 0 Å². The number of aryl methyl sites for hydroxylation is 1. The minimum absolute atomic E-state index is 0.0625. The van der Waals surface area contributed by atoms with E-state index < -0.39 is 34.2 Å². The maximum Gasteiger partial charge on any atom is 0.348 e. The number of nitrogens with zero attached hydrogens (tertiary/aromatic N) is 2. The molecule has 14 heteroatoms. The Labute approximate surface area is 195 Å². The highest BCUT2D eigenvalue weighted by Gasteiger charge is 2.45. The number of anilines is 1. The van der Waals surface area contributed by atoms with Crippen LogP contribution < -0.4 is 15.4 Å². The van der Waals surface area contributed by atoms with E-state index in [1.165, 1.54) is 36.5 Å². The van der Waals surface area contributed by atoms with Gasteiger partial charge in [0.05, 0.1) is 23.4 Å². The number of carboxylic acids is 1. The molecular formula is C20H24N6O7S. The molecular weight excluding hydrogens is 468 g/mol. The lowest BCUT2D eigenvalue weighted by Crippen LogP contribution is -2.68. The van der Waals surface area contributed by atoms with Crippen molar-refractivity contribution >= 4 is 27.8 Å². The first-order chi connectivity index (χ1) is 16.2. The van der Waals surface area contributed by atoms with Crippen LogP contribution in [0, 0.1) is 6.92 Å². The molecule has 3 rings (SSSR count). The van der Waals surface area contributed by atoms with E-state index in [1.54, 1.807) is 12.3 Å². The van der Waals surface area contributed by atoms with Crippen molar-refractivity contribution in [3.8, 4) is 0 Å². The maximum atomic E-state index is 12.9. The number of aliphatic carboxylic acids is 1. The average molecular weight is 493 g/mol. The number of carboxylic acid groups (broad SMARTS) is 1. The fourth-order valence-corrected chi connectivity index (χ4v) is 4.13. The zero-order chi connectivity index (χ0) is 24.6. The summed E-state index contributed by atoms with van der Waals surface area (Å²) in [6.45, 7) is 1.65. The van der Waals surface area contributed by atoms with E-state index in [-0.39, 0.29) is 17.3 Å². The summed E-state index contributed by atoms with van der Waals surface area (Å²) in [5.74, 6) is -2.40. The highest BCUT2D eigenvalue weighted by atomic mass is 32.2. The summed E-state index contributed by atoms with van der Waals surface area (Å²) in [7, 11) is -4.35. The average Bonchev–Trinajstić information content (AvgIpc) is 3.48. The fourth-order valence-electron chi connectivity index (χ4n) is 2.84. The van der Waals surface area contributed by atoms with Gasteiger partial charge in [-0.2, -0.15) is 4.72 Å². The van der Waals surface area contributed by atoms with Gasteiger partial charge in [-0.15, -0.1) is 0 Å². The van der Waals surface area contributed by atoms with Crippen molar-refractivity contribution < 1.29 is 32.4 Å². The Kier molecular flexibility index (Phi) is 7.99. The van der Waals surface area contributed by atoms with Crippen LogP contribution in [0.5, 0.6) is 0 Å². The summed E-state index contributed by atoms with van der Waals surface area (Å²) < 4.78 is 38.0. The molecule has 0 saturated heterocycles. The molecule has 0 spiro atoms. The lowest BCUT2D eigenvalue weighted by Gasteiger charge is -2.30. The first kappa shape index (κ1) is 24.9. The van der Waals surface area contributed by atoms with Gasteiger partial charge in [0.1, 0.15) is 0 Å². The fraction of sp³-hybridized carbons (Fsp3) is 0.300. The van der Waals surface area contributed by atoms with Gasteiger partial charge in [-0.1, -0.05) is 23.4 Å². The smallest absolute Gasteiger partial charge is 0.348 e. The van der Waals surface area contributed by atoms with Crippen LogP contribution in [0.4, 0.5) is 5.95 Å². The van der Waals surface area contributed by atoms with Crippen molar-refractivity contribution in [1.29, 1.82) is 0 Å². The number of nitrogens with one attached hydrogen (secondary N) is 4. The minimum Gasteiger partial charge on any atom is -0.478 e. The number of aromatic nitrogens is 3. The van der Waals surface area contributed by atoms with Crippen molar-refractivity contribution in [2.45, 2.75) is 23.9 Å². The maximum absolute atomic E-state index is 12.9. The topological polar surface area (TPSA) is 189 Å². The number of H-pyrrole nitrogens is 1. The molecule has 1 unspecified atom stereocenters. The van der Waals surface area contributed by atoms with E-state index in [0.717, 1.165) is 5.69 Å². The third kappa shape index (κ3) is 6.40. The highest BCUT2D eigenvalue weighted by Crippen LogP contribution is 2.14. The lowest BCUT2D eigenvalue weighted by atomic mass is 10.2. The van der Waals surface area contributed by atoms with Crippen LogP contribution in [-0.2, 0) is 19.6 Å². The second-order valence-corrected chi connectivity index (χ2v) is 8.87. The molecule has 5 N–H and O–H groups in total. The molecule has 0 saturated carbocycles. The van der Waals surface area contributed by atoms with E-state index in [4.69, 9.17) is 9.26 Å². The quantitative estimate of drug-likeness (QED) is 0.168. The number of carbonyl (C=O) groups is 2. The molecule has 1 atom stereocenters. The van der Waals surface area contributed by atoms with Gasteiger partial charge >= 0.3 is 5.97 Å². The molecule has 0 aliphatic heterocycles. The molecule has 2 aromatic heterocycles. The van der Waals surface area contributed by atoms with Crippen molar-refractivity contribution in [1.82, 2.24) is 25.2 Å². The summed E-state index contributed by atoms with van der Waals surface area (Å²) in [6.07, 6.45) is 3.36. The van der Waals surface area contributed by atoms with E-state index >= 15 is 0 Å². The molecule has 0 radical (unpaired) electrons. The van der Waals surface area contributed by atoms with Crippen LogP contribution in [-0.4, -0.2) is 65.9 Å². The molecule has 0 aliphatic rings. The first-order valence-corrected chi connectivity index (χ1v) is 11.6. The summed E-state index contributed by atoms with van der Waals surface area (Å²) in [5.41, 5.74) is -1.71. The van der Waals surface area contributed by atoms with Gasteiger partial charge in [-0.3, -0.25) is 4.79 Å². The van der Waals surface area contributed by atoms with Crippen LogP contribution in [0.25, 0.3) is 0 Å². The van der Waals surface area contributed by atoms with Crippen LogP contribution in [0.3, 0.4) is 0 Å². The highest BCUT2D eigenvalue weighted by molar-refractivity contribution is 7.89. The van der Waals surface area contributed by atoms with Gasteiger partial charge in [0.15, 0.2) is 5.95 Å². The first-order valence-electron chi connectivity index (χ1n) is 10.1. The number of ether oxygens (including phenoxy) is 1. The van der Waals surface area contributed by atoms with E-state index in [1.807, 2.05) is 6.92 Å². The van der Waals surface area contributed by atoms with E-state index in [2.05, 4.69) is 30.5 Å². The van der Waals surface area contributed by atoms with Crippen molar-refractivity contribution in [2.75, 3.05) is 25.1 Å². The Morgan fingerprint density at radius 3 is 2.62 bits per heavy atom. The van der Waals surface area contributed by atoms with E-state index in [0.29, 0.717) is 18.9 Å². The predicted octanol–water partition coefficient (Wildman–Crippen LogP) is 0.714. The monoisotopic (exact) mass is 492 g/mol.